The van der Waals surface area contributed by atoms with E-state index in [4.69, 9.17) is 16.3 Å². The Labute approximate surface area is 108 Å². The van der Waals surface area contributed by atoms with Crippen LogP contribution in [0.15, 0.2) is 6.20 Å². The Bertz CT molecular complexity index is 338. The van der Waals surface area contributed by atoms with Crippen LogP contribution < -0.4 is 5.32 Å². The van der Waals surface area contributed by atoms with Gasteiger partial charge in [0.1, 0.15) is 0 Å². The average molecular weight is 260 g/mol. The predicted octanol–water partition coefficient (Wildman–Crippen LogP) is 2.80. The van der Waals surface area contributed by atoms with Crippen LogP contribution in [0.1, 0.15) is 45.0 Å². The number of aromatic nitrogens is 2. The van der Waals surface area contributed by atoms with Gasteiger partial charge in [0.25, 0.3) is 0 Å². The van der Waals surface area contributed by atoms with Crippen molar-refractivity contribution in [3.8, 4) is 0 Å². The number of likely N-dealkylation sites (N-methyl/N-ethyl adjacent to an activating group) is 1. The first-order valence-electron chi connectivity index (χ1n) is 6.09. The SMILES string of the molecule is CCCOCC(NC)c1c(Cl)cnn1C(C)C. The van der Waals surface area contributed by atoms with Crippen molar-refractivity contribution in [2.75, 3.05) is 20.3 Å². The number of halogens is 1. The fraction of sp³-hybridized carbons (Fsp3) is 0.750. The quantitative estimate of drug-likeness (QED) is 0.766. The zero-order valence-electron chi connectivity index (χ0n) is 11.0. The van der Waals surface area contributed by atoms with Gasteiger partial charge in [0.15, 0.2) is 0 Å². The van der Waals surface area contributed by atoms with E-state index < -0.39 is 0 Å². The summed E-state index contributed by atoms with van der Waals surface area (Å²) in [5.41, 5.74) is 1.00. The fourth-order valence-corrected chi connectivity index (χ4v) is 1.99. The molecule has 0 bridgehead atoms. The zero-order valence-corrected chi connectivity index (χ0v) is 11.8. The van der Waals surface area contributed by atoms with Gasteiger partial charge in [-0.1, -0.05) is 18.5 Å². The standard InChI is InChI=1S/C12H22ClN3O/c1-5-6-17-8-11(14-4)12-10(13)7-15-16(12)9(2)3/h7,9,11,14H,5-6,8H2,1-4H3. The molecule has 0 amide bonds. The Hall–Kier alpha value is -0.580. The molecule has 1 aromatic heterocycles. The van der Waals surface area contributed by atoms with Crippen LogP contribution in [0.4, 0.5) is 0 Å². The van der Waals surface area contributed by atoms with Crippen LogP contribution in [0.3, 0.4) is 0 Å². The van der Waals surface area contributed by atoms with Gasteiger partial charge in [0.2, 0.25) is 0 Å². The van der Waals surface area contributed by atoms with Gasteiger partial charge >= 0.3 is 0 Å². The number of rotatable bonds is 7. The molecule has 5 heteroatoms. The highest BCUT2D eigenvalue weighted by molar-refractivity contribution is 6.31. The van der Waals surface area contributed by atoms with Crippen molar-refractivity contribution in [3.63, 3.8) is 0 Å². The molecule has 0 aliphatic heterocycles. The van der Waals surface area contributed by atoms with Crippen molar-refractivity contribution in [3.05, 3.63) is 16.9 Å². The molecule has 1 atom stereocenters. The molecule has 0 fully saturated rings. The molecular formula is C12H22ClN3O. The molecule has 0 saturated carbocycles. The number of hydrogen-bond acceptors (Lipinski definition) is 3. The van der Waals surface area contributed by atoms with Gasteiger partial charge in [-0.3, -0.25) is 4.68 Å². The van der Waals surface area contributed by atoms with Crippen LogP contribution in [0, 0.1) is 0 Å². The third-order valence-corrected chi connectivity index (χ3v) is 2.88. The molecule has 0 aliphatic carbocycles. The van der Waals surface area contributed by atoms with Crippen molar-refractivity contribution in [2.24, 2.45) is 0 Å². The van der Waals surface area contributed by atoms with Crippen molar-refractivity contribution in [2.45, 2.75) is 39.3 Å². The fourth-order valence-electron chi connectivity index (χ4n) is 1.73. The Morgan fingerprint density at radius 3 is 2.76 bits per heavy atom. The van der Waals surface area contributed by atoms with Crippen LogP contribution in [0.5, 0.6) is 0 Å². The Morgan fingerprint density at radius 2 is 2.24 bits per heavy atom. The van der Waals surface area contributed by atoms with E-state index in [1.807, 2.05) is 11.7 Å². The molecule has 0 spiro atoms. The Morgan fingerprint density at radius 1 is 1.53 bits per heavy atom. The number of nitrogens with zero attached hydrogens (tertiary/aromatic N) is 2. The first kappa shape index (κ1) is 14.5. The lowest BCUT2D eigenvalue weighted by Crippen LogP contribution is -2.26. The third-order valence-electron chi connectivity index (χ3n) is 2.59. The lowest BCUT2D eigenvalue weighted by molar-refractivity contribution is 0.111. The second-order valence-corrected chi connectivity index (χ2v) is 4.74. The summed E-state index contributed by atoms with van der Waals surface area (Å²) in [6.45, 7) is 7.66. The van der Waals surface area contributed by atoms with E-state index in [0.717, 1.165) is 18.7 Å². The minimum Gasteiger partial charge on any atom is -0.379 e. The van der Waals surface area contributed by atoms with Crippen LogP contribution in [0.25, 0.3) is 0 Å². The highest BCUT2D eigenvalue weighted by Crippen LogP contribution is 2.25. The van der Waals surface area contributed by atoms with Gasteiger partial charge in [-0.25, -0.2) is 0 Å². The molecule has 4 nitrogen and oxygen atoms in total. The van der Waals surface area contributed by atoms with Crippen LogP contribution >= 0.6 is 11.6 Å². The lowest BCUT2D eigenvalue weighted by Gasteiger charge is -2.20. The molecule has 1 N–H and O–H groups in total. The first-order valence-corrected chi connectivity index (χ1v) is 6.47. The van der Waals surface area contributed by atoms with E-state index in [1.54, 1.807) is 6.20 Å². The maximum atomic E-state index is 6.20. The number of hydrogen-bond donors (Lipinski definition) is 1. The van der Waals surface area contributed by atoms with Crippen LogP contribution in [-0.2, 0) is 4.74 Å². The molecule has 1 rings (SSSR count). The highest BCUT2D eigenvalue weighted by atomic mass is 35.5. The highest BCUT2D eigenvalue weighted by Gasteiger charge is 2.20. The molecule has 0 aliphatic rings. The van der Waals surface area contributed by atoms with Gasteiger partial charge in [0, 0.05) is 12.6 Å². The van der Waals surface area contributed by atoms with Gasteiger partial charge in [-0.2, -0.15) is 5.10 Å². The van der Waals surface area contributed by atoms with E-state index in [2.05, 4.69) is 31.2 Å². The third kappa shape index (κ3) is 3.69. The van der Waals surface area contributed by atoms with E-state index in [-0.39, 0.29) is 6.04 Å². The number of nitrogens with one attached hydrogen (secondary N) is 1. The summed E-state index contributed by atoms with van der Waals surface area (Å²) in [6.07, 6.45) is 2.72. The lowest BCUT2D eigenvalue weighted by atomic mass is 10.2. The summed E-state index contributed by atoms with van der Waals surface area (Å²) < 4.78 is 7.53. The van der Waals surface area contributed by atoms with Crippen LogP contribution in [-0.4, -0.2) is 30.0 Å². The summed E-state index contributed by atoms with van der Waals surface area (Å²) in [5.74, 6) is 0. The summed E-state index contributed by atoms with van der Waals surface area (Å²) in [4.78, 5) is 0. The van der Waals surface area contributed by atoms with Crippen molar-refractivity contribution in [1.29, 1.82) is 0 Å². The zero-order chi connectivity index (χ0) is 12.8. The average Bonchev–Trinajstić information content (AvgIpc) is 2.67. The second-order valence-electron chi connectivity index (χ2n) is 4.33. The molecule has 0 saturated heterocycles. The van der Waals surface area contributed by atoms with Crippen molar-refractivity contribution < 1.29 is 4.74 Å². The maximum absolute atomic E-state index is 6.20. The summed E-state index contributed by atoms with van der Waals surface area (Å²) in [7, 11) is 1.91. The van der Waals surface area contributed by atoms with Crippen molar-refractivity contribution in [1.82, 2.24) is 15.1 Å². The normalized spacial score (nSPS) is 13.3. The molecule has 17 heavy (non-hydrogen) atoms. The van der Waals surface area contributed by atoms with Gasteiger partial charge in [-0.05, 0) is 27.3 Å². The molecule has 1 aromatic rings. The topological polar surface area (TPSA) is 39.1 Å². The van der Waals surface area contributed by atoms with Gasteiger partial charge in [-0.15, -0.1) is 0 Å². The first-order chi connectivity index (χ1) is 8.11. The summed E-state index contributed by atoms with van der Waals surface area (Å²) >= 11 is 6.20. The minimum atomic E-state index is 0.0824. The maximum Gasteiger partial charge on any atom is 0.0835 e. The molecule has 1 heterocycles. The predicted molar refractivity (Wildman–Crippen MR) is 70.5 cm³/mol. The van der Waals surface area contributed by atoms with E-state index in [9.17, 15) is 0 Å². The second kappa shape index (κ2) is 6.99. The van der Waals surface area contributed by atoms with E-state index in [1.165, 1.54) is 0 Å². The van der Waals surface area contributed by atoms with E-state index in [0.29, 0.717) is 17.7 Å². The Balaban J connectivity index is 2.82. The van der Waals surface area contributed by atoms with Gasteiger partial charge in [0.05, 0.1) is 29.6 Å². The molecule has 98 valence electrons. The molecule has 0 aromatic carbocycles. The Kier molecular flexibility index (Phi) is 5.95. The molecule has 1 unspecified atom stereocenters. The molecular weight excluding hydrogens is 238 g/mol. The van der Waals surface area contributed by atoms with Crippen molar-refractivity contribution >= 4 is 11.6 Å². The largest absolute Gasteiger partial charge is 0.379 e. The van der Waals surface area contributed by atoms with Crippen LogP contribution in [0.2, 0.25) is 5.02 Å². The minimum absolute atomic E-state index is 0.0824. The smallest absolute Gasteiger partial charge is 0.0835 e. The van der Waals surface area contributed by atoms with E-state index >= 15 is 0 Å². The van der Waals surface area contributed by atoms with Gasteiger partial charge < -0.3 is 10.1 Å². The monoisotopic (exact) mass is 259 g/mol. The molecule has 0 radical (unpaired) electrons. The number of ether oxygens (including phenoxy) is 1. The summed E-state index contributed by atoms with van der Waals surface area (Å²) in [6, 6.07) is 0.374. The summed E-state index contributed by atoms with van der Waals surface area (Å²) in [5, 5.41) is 8.22.